The second-order valence-electron chi connectivity index (χ2n) is 3.61. The molecule has 0 saturated heterocycles. The van der Waals surface area contributed by atoms with Crippen molar-refractivity contribution in [2.75, 3.05) is 0 Å². The van der Waals surface area contributed by atoms with E-state index < -0.39 is 0 Å². The molecule has 0 spiro atoms. The van der Waals surface area contributed by atoms with E-state index in [1.54, 1.807) is 0 Å². The van der Waals surface area contributed by atoms with Crippen molar-refractivity contribution in [2.45, 2.75) is 25.2 Å². The van der Waals surface area contributed by atoms with Crippen molar-refractivity contribution in [3.05, 3.63) is 17.3 Å². The van der Waals surface area contributed by atoms with Crippen LogP contribution in [0.1, 0.15) is 31.0 Å². The predicted molar refractivity (Wildman–Crippen MR) is 53.3 cm³/mol. The number of nitrogens with one attached hydrogen (secondary N) is 1. The average molecular weight is 209 g/mol. The minimum atomic E-state index is 0.428. The highest BCUT2D eigenvalue weighted by Gasteiger charge is 2.23. The molecule has 1 fully saturated rings. The van der Waals surface area contributed by atoms with Crippen LogP contribution in [0, 0.1) is 0 Å². The lowest BCUT2D eigenvalue weighted by molar-refractivity contribution is 0.404. The molecule has 0 amide bonds. The average Bonchev–Trinajstić information content (AvgIpc) is 2.46. The zero-order valence-corrected chi connectivity index (χ0v) is 8.25. The Balaban J connectivity index is 2.15. The van der Waals surface area contributed by atoms with Gasteiger partial charge in [0.1, 0.15) is 17.7 Å². The van der Waals surface area contributed by atoms with Crippen molar-refractivity contribution in [1.82, 2.24) is 19.9 Å². The molecule has 1 saturated carbocycles. The summed E-state index contributed by atoms with van der Waals surface area (Å²) in [5.41, 5.74) is 1.43. The molecular formula is C9H9ClN4. The standard InChI is InChI=1S/C9H9ClN4/c10-7-6-9(12-4-11-7)14-8(13-6)5-2-1-3-5/h4-5H,1-3H2,(H,11,12,13,14). The van der Waals surface area contributed by atoms with E-state index in [4.69, 9.17) is 11.6 Å². The number of imidazole rings is 1. The maximum Gasteiger partial charge on any atom is 0.162 e. The molecule has 0 radical (unpaired) electrons. The van der Waals surface area contributed by atoms with Gasteiger partial charge in [-0.15, -0.1) is 0 Å². The summed E-state index contributed by atoms with van der Waals surface area (Å²) in [6.07, 6.45) is 5.17. The SMILES string of the molecule is Clc1ncnc2[nH]c(C3CCC3)nc12. The summed E-state index contributed by atoms with van der Waals surface area (Å²) in [5, 5.41) is 0.428. The van der Waals surface area contributed by atoms with E-state index in [0.717, 1.165) is 11.5 Å². The molecule has 3 rings (SSSR count). The first-order valence-electron chi connectivity index (χ1n) is 4.70. The highest BCUT2D eigenvalue weighted by atomic mass is 35.5. The molecule has 0 unspecified atom stereocenters. The van der Waals surface area contributed by atoms with E-state index in [0.29, 0.717) is 16.6 Å². The normalized spacial score (nSPS) is 17.2. The molecule has 1 N–H and O–H groups in total. The van der Waals surface area contributed by atoms with E-state index in [2.05, 4.69) is 19.9 Å². The van der Waals surface area contributed by atoms with Crippen molar-refractivity contribution in [1.29, 1.82) is 0 Å². The Bertz CT molecular complexity index is 475. The number of hydrogen-bond acceptors (Lipinski definition) is 3. The van der Waals surface area contributed by atoms with Crippen LogP contribution in [-0.4, -0.2) is 19.9 Å². The van der Waals surface area contributed by atoms with Gasteiger partial charge in [-0.05, 0) is 12.8 Å². The lowest BCUT2D eigenvalue weighted by Crippen LogP contribution is -2.10. The fourth-order valence-corrected chi connectivity index (χ4v) is 1.87. The van der Waals surface area contributed by atoms with Crippen LogP contribution in [0.3, 0.4) is 0 Å². The first-order valence-corrected chi connectivity index (χ1v) is 5.08. The number of aromatic amines is 1. The van der Waals surface area contributed by atoms with Crippen LogP contribution in [0.15, 0.2) is 6.33 Å². The van der Waals surface area contributed by atoms with Crippen LogP contribution in [0.2, 0.25) is 5.15 Å². The second-order valence-corrected chi connectivity index (χ2v) is 3.97. The Hall–Kier alpha value is -1.16. The first-order chi connectivity index (χ1) is 6.84. The summed E-state index contributed by atoms with van der Waals surface area (Å²) in [4.78, 5) is 15.6. The lowest BCUT2D eigenvalue weighted by atomic mass is 9.85. The maximum atomic E-state index is 5.90. The van der Waals surface area contributed by atoms with Crippen molar-refractivity contribution in [2.24, 2.45) is 0 Å². The van der Waals surface area contributed by atoms with Gasteiger partial charge in [-0.2, -0.15) is 0 Å². The van der Waals surface area contributed by atoms with E-state index in [1.165, 1.54) is 25.6 Å². The highest BCUT2D eigenvalue weighted by Crippen LogP contribution is 2.35. The summed E-state index contributed by atoms with van der Waals surface area (Å²) in [6.45, 7) is 0. The summed E-state index contributed by atoms with van der Waals surface area (Å²) < 4.78 is 0. The Kier molecular flexibility index (Phi) is 1.70. The minimum absolute atomic E-state index is 0.428. The van der Waals surface area contributed by atoms with Crippen molar-refractivity contribution < 1.29 is 0 Å². The minimum Gasteiger partial charge on any atom is -0.326 e. The Morgan fingerprint density at radius 2 is 2.21 bits per heavy atom. The van der Waals surface area contributed by atoms with Crippen molar-refractivity contribution in [3.8, 4) is 0 Å². The van der Waals surface area contributed by atoms with Gasteiger partial charge < -0.3 is 4.98 Å². The number of hydrogen-bond donors (Lipinski definition) is 1. The van der Waals surface area contributed by atoms with Crippen LogP contribution in [0.4, 0.5) is 0 Å². The van der Waals surface area contributed by atoms with Crippen LogP contribution in [0.5, 0.6) is 0 Å². The van der Waals surface area contributed by atoms with Gasteiger partial charge in [0.15, 0.2) is 10.8 Å². The molecule has 1 aliphatic rings. The van der Waals surface area contributed by atoms with Crippen LogP contribution in [0.25, 0.3) is 11.2 Å². The Labute approximate surface area is 85.7 Å². The van der Waals surface area contributed by atoms with E-state index in [9.17, 15) is 0 Å². The smallest absolute Gasteiger partial charge is 0.162 e. The van der Waals surface area contributed by atoms with Gasteiger partial charge in [0, 0.05) is 5.92 Å². The molecule has 72 valence electrons. The van der Waals surface area contributed by atoms with Gasteiger partial charge in [0.05, 0.1) is 0 Å². The van der Waals surface area contributed by atoms with E-state index in [-0.39, 0.29) is 0 Å². The third-order valence-corrected chi connectivity index (χ3v) is 3.02. The van der Waals surface area contributed by atoms with Gasteiger partial charge in [-0.1, -0.05) is 18.0 Å². The molecule has 2 aromatic heterocycles. The third kappa shape index (κ3) is 1.10. The Morgan fingerprint density at radius 1 is 1.36 bits per heavy atom. The van der Waals surface area contributed by atoms with Crippen LogP contribution in [-0.2, 0) is 0 Å². The molecule has 4 nitrogen and oxygen atoms in total. The number of nitrogens with zero attached hydrogens (tertiary/aromatic N) is 3. The summed E-state index contributed by atoms with van der Waals surface area (Å²) >= 11 is 5.90. The van der Waals surface area contributed by atoms with Crippen molar-refractivity contribution >= 4 is 22.8 Å². The molecule has 0 aromatic carbocycles. The largest absolute Gasteiger partial charge is 0.326 e. The molecular weight excluding hydrogens is 200 g/mol. The van der Waals surface area contributed by atoms with Crippen LogP contribution >= 0.6 is 11.6 Å². The fourth-order valence-electron chi connectivity index (χ4n) is 1.69. The summed E-state index contributed by atoms with van der Waals surface area (Å²) in [7, 11) is 0. The first kappa shape index (κ1) is 8.17. The van der Waals surface area contributed by atoms with Gasteiger partial charge in [0.2, 0.25) is 0 Å². The number of aromatic nitrogens is 4. The molecule has 2 heterocycles. The summed E-state index contributed by atoms with van der Waals surface area (Å²) in [5.74, 6) is 1.58. The Morgan fingerprint density at radius 3 is 2.86 bits per heavy atom. The number of H-pyrrole nitrogens is 1. The topological polar surface area (TPSA) is 54.5 Å². The van der Waals surface area contributed by atoms with Crippen LogP contribution < -0.4 is 0 Å². The molecule has 14 heavy (non-hydrogen) atoms. The third-order valence-electron chi connectivity index (χ3n) is 2.75. The van der Waals surface area contributed by atoms with Gasteiger partial charge in [0.25, 0.3) is 0 Å². The summed E-state index contributed by atoms with van der Waals surface area (Å²) in [6, 6.07) is 0. The maximum absolute atomic E-state index is 5.90. The lowest BCUT2D eigenvalue weighted by Gasteiger charge is -2.22. The number of fused-ring (bicyclic) bond motifs is 1. The quantitative estimate of drug-likeness (QED) is 0.732. The van der Waals surface area contributed by atoms with E-state index in [1.807, 2.05) is 0 Å². The predicted octanol–water partition coefficient (Wildman–Crippen LogP) is 2.27. The fraction of sp³-hybridized carbons (Fsp3) is 0.444. The van der Waals surface area contributed by atoms with E-state index >= 15 is 0 Å². The molecule has 0 bridgehead atoms. The zero-order chi connectivity index (χ0) is 9.54. The van der Waals surface area contributed by atoms with Gasteiger partial charge >= 0.3 is 0 Å². The zero-order valence-electron chi connectivity index (χ0n) is 7.50. The highest BCUT2D eigenvalue weighted by molar-refractivity contribution is 6.33. The monoisotopic (exact) mass is 208 g/mol. The molecule has 1 aliphatic carbocycles. The van der Waals surface area contributed by atoms with Gasteiger partial charge in [-0.25, -0.2) is 15.0 Å². The molecule has 0 aliphatic heterocycles. The molecule has 5 heteroatoms. The number of rotatable bonds is 1. The second kappa shape index (κ2) is 2.92. The van der Waals surface area contributed by atoms with Crippen molar-refractivity contribution in [3.63, 3.8) is 0 Å². The van der Waals surface area contributed by atoms with Gasteiger partial charge in [-0.3, -0.25) is 0 Å². The number of halogens is 1. The molecule has 2 aromatic rings. The molecule has 0 atom stereocenters.